The van der Waals surface area contributed by atoms with Gasteiger partial charge in [0.1, 0.15) is 5.82 Å². The smallest absolute Gasteiger partial charge is 0.235 e. The topological polar surface area (TPSA) is 48.4 Å². The van der Waals surface area contributed by atoms with Crippen molar-refractivity contribution in [3.05, 3.63) is 161 Å². The van der Waals surface area contributed by atoms with E-state index in [4.69, 9.17) is 15.0 Å². The van der Waals surface area contributed by atoms with Gasteiger partial charge in [-0.2, -0.15) is 0 Å². The molecule has 5 aromatic carbocycles. The third-order valence-electron chi connectivity index (χ3n) is 10.2. The fourth-order valence-corrected chi connectivity index (χ4v) is 7.85. The molecule has 2 aromatic heterocycles. The average Bonchev–Trinajstić information content (AvgIpc) is 3.15. The molecule has 0 radical (unpaired) electrons. The lowest BCUT2D eigenvalue weighted by Crippen LogP contribution is -2.26. The molecule has 0 amide bonds. The van der Waals surface area contributed by atoms with Crippen molar-refractivity contribution in [1.82, 2.24) is 15.0 Å². The fraction of sp³-hybridized carbons (Fsp3) is 0.114. The van der Waals surface area contributed by atoms with Gasteiger partial charge >= 0.3 is 0 Å². The molecule has 0 bridgehead atoms. The van der Waals surface area contributed by atoms with Gasteiger partial charge in [-0.3, -0.25) is 9.80 Å². The lowest BCUT2D eigenvalue weighted by molar-refractivity contribution is 0.971. The van der Waals surface area contributed by atoms with Gasteiger partial charge in [0.05, 0.1) is 28.3 Å². The van der Waals surface area contributed by atoms with Gasteiger partial charge in [0.2, 0.25) is 5.95 Å². The first kappa shape index (κ1) is 28.7. The summed E-state index contributed by atoms with van der Waals surface area (Å²) in [7, 11) is 0. The van der Waals surface area contributed by atoms with Crippen LogP contribution in [0.15, 0.2) is 128 Å². The summed E-state index contributed by atoms with van der Waals surface area (Å²) in [5.41, 5.74) is 16.1. The van der Waals surface area contributed by atoms with Crippen LogP contribution < -0.4 is 14.7 Å². The highest BCUT2D eigenvalue weighted by atomic mass is 15.3. The number of hydrogen-bond acceptors (Lipinski definition) is 6. The van der Waals surface area contributed by atoms with Crippen molar-refractivity contribution in [2.24, 2.45) is 0 Å². The highest BCUT2D eigenvalue weighted by Crippen LogP contribution is 2.55. The Hall–Kier alpha value is -6.27. The normalized spacial score (nSPS) is 14.2. The van der Waals surface area contributed by atoms with Gasteiger partial charge in [0, 0.05) is 41.3 Å². The van der Waals surface area contributed by atoms with E-state index >= 15 is 0 Å². The molecule has 7 aromatic rings. The summed E-state index contributed by atoms with van der Waals surface area (Å²) >= 11 is 0. The molecule has 6 heteroatoms. The quantitative estimate of drug-likeness (QED) is 0.190. The van der Waals surface area contributed by atoms with Gasteiger partial charge in [-0.05, 0) is 104 Å². The van der Waals surface area contributed by atoms with Crippen molar-refractivity contribution < 1.29 is 0 Å². The SMILES string of the molecule is Cc1ccc2c(c1)Cc1cc(C)ccc1N2c1ccc2c(c1)N(c1ncc3ccccc3n1)c1ccccc1N2c1cc2c(cn1)C=CCC2. The van der Waals surface area contributed by atoms with Gasteiger partial charge in [-0.15, -0.1) is 0 Å². The Labute approximate surface area is 291 Å². The molecular weight excluding hydrogens is 613 g/mol. The number of allylic oxidation sites excluding steroid dienone is 1. The maximum atomic E-state index is 5.15. The summed E-state index contributed by atoms with van der Waals surface area (Å²) in [6.07, 6.45) is 11.3. The predicted octanol–water partition coefficient (Wildman–Crippen LogP) is 11.2. The second-order valence-corrected chi connectivity index (χ2v) is 13.5. The van der Waals surface area contributed by atoms with Gasteiger partial charge in [0.25, 0.3) is 0 Å². The molecular formula is C44H34N6. The second kappa shape index (κ2) is 11.1. The number of benzene rings is 5. The van der Waals surface area contributed by atoms with Crippen molar-refractivity contribution in [2.75, 3.05) is 14.7 Å². The second-order valence-electron chi connectivity index (χ2n) is 13.5. The molecule has 240 valence electrons. The summed E-state index contributed by atoms with van der Waals surface area (Å²) in [4.78, 5) is 22.1. The number of aromatic nitrogens is 3. The Bertz CT molecular complexity index is 2480. The van der Waals surface area contributed by atoms with E-state index in [1.165, 1.54) is 44.8 Å². The van der Waals surface area contributed by atoms with Crippen LogP contribution in [-0.2, 0) is 12.8 Å². The highest BCUT2D eigenvalue weighted by Gasteiger charge is 2.34. The minimum absolute atomic E-state index is 0.628. The first-order valence-corrected chi connectivity index (χ1v) is 17.3. The molecule has 2 aliphatic heterocycles. The van der Waals surface area contributed by atoms with Crippen molar-refractivity contribution in [2.45, 2.75) is 33.1 Å². The number of anilines is 9. The maximum absolute atomic E-state index is 5.15. The highest BCUT2D eigenvalue weighted by molar-refractivity contribution is 6.02. The lowest BCUT2D eigenvalue weighted by atomic mass is 9.92. The third-order valence-corrected chi connectivity index (χ3v) is 10.2. The van der Waals surface area contributed by atoms with Gasteiger partial charge < -0.3 is 4.90 Å². The van der Waals surface area contributed by atoms with E-state index in [0.717, 1.165) is 64.4 Å². The molecule has 1 aliphatic carbocycles. The van der Waals surface area contributed by atoms with E-state index in [1.54, 1.807) is 0 Å². The summed E-state index contributed by atoms with van der Waals surface area (Å²) in [5, 5.41) is 1.01. The van der Waals surface area contributed by atoms with Gasteiger partial charge in [-0.1, -0.05) is 77.9 Å². The van der Waals surface area contributed by atoms with E-state index < -0.39 is 0 Å². The van der Waals surface area contributed by atoms with E-state index in [-0.39, 0.29) is 0 Å². The maximum Gasteiger partial charge on any atom is 0.235 e. The van der Waals surface area contributed by atoms with Gasteiger partial charge in [-0.25, -0.2) is 15.0 Å². The first-order chi connectivity index (χ1) is 24.6. The predicted molar refractivity (Wildman–Crippen MR) is 205 cm³/mol. The minimum atomic E-state index is 0.628. The summed E-state index contributed by atoms with van der Waals surface area (Å²) in [5.74, 6) is 1.53. The zero-order valence-electron chi connectivity index (χ0n) is 28.0. The van der Waals surface area contributed by atoms with Crippen LogP contribution in [0.1, 0.15) is 39.8 Å². The number of pyridine rings is 1. The molecule has 0 saturated carbocycles. The Morgan fingerprint density at radius 3 is 2.06 bits per heavy atom. The molecule has 0 spiro atoms. The van der Waals surface area contributed by atoms with Crippen molar-refractivity contribution in [3.63, 3.8) is 0 Å². The monoisotopic (exact) mass is 646 g/mol. The first-order valence-electron chi connectivity index (χ1n) is 17.3. The van der Waals surface area contributed by atoms with Crippen molar-refractivity contribution >= 4 is 68.6 Å². The Morgan fingerprint density at radius 2 is 1.26 bits per heavy atom. The van der Waals surface area contributed by atoms with E-state index in [2.05, 4.69) is 138 Å². The number of rotatable bonds is 3. The van der Waals surface area contributed by atoms with Crippen LogP contribution in [0.4, 0.5) is 51.6 Å². The van der Waals surface area contributed by atoms with Crippen LogP contribution in [0.2, 0.25) is 0 Å². The summed E-state index contributed by atoms with van der Waals surface area (Å²) < 4.78 is 0. The molecule has 0 atom stereocenters. The molecule has 0 unspecified atom stereocenters. The van der Waals surface area contributed by atoms with E-state index in [1.807, 2.05) is 24.5 Å². The Balaban J connectivity index is 1.22. The van der Waals surface area contributed by atoms with Crippen LogP contribution in [0.5, 0.6) is 0 Å². The molecule has 4 heterocycles. The molecule has 50 heavy (non-hydrogen) atoms. The molecule has 3 aliphatic rings. The minimum Gasteiger partial charge on any atom is -0.310 e. The summed E-state index contributed by atoms with van der Waals surface area (Å²) in [6.45, 7) is 4.35. The van der Waals surface area contributed by atoms with Crippen LogP contribution in [0.25, 0.3) is 17.0 Å². The number of aryl methyl sites for hydroxylation is 3. The number of para-hydroxylation sites is 3. The van der Waals surface area contributed by atoms with E-state index in [9.17, 15) is 0 Å². The Kier molecular flexibility index (Phi) is 6.40. The third kappa shape index (κ3) is 4.52. The fourth-order valence-electron chi connectivity index (χ4n) is 7.85. The standard InChI is InChI=1S/C44H34N6/c1-28-15-18-37-33(21-28)23-34-22-29(2)16-19-38(34)48(37)35-17-20-41-42(25-35)50(44-46-27-32-11-5-6-12-36(32)47-44)40-14-8-7-13-39(40)49(41)43-24-30-9-3-4-10-31(30)26-45-43/h4-8,10-22,24-27H,3,9,23H2,1-2H3. The average molecular weight is 647 g/mol. The van der Waals surface area contributed by atoms with E-state index in [0.29, 0.717) is 5.95 Å². The van der Waals surface area contributed by atoms with Crippen molar-refractivity contribution in [3.8, 4) is 0 Å². The molecule has 0 saturated heterocycles. The van der Waals surface area contributed by atoms with Crippen LogP contribution in [0.3, 0.4) is 0 Å². The zero-order chi connectivity index (χ0) is 33.3. The molecule has 10 rings (SSSR count). The number of hydrogen-bond donors (Lipinski definition) is 0. The zero-order valence-corrected chi connectivity index (χ0v) is 28.0. The van der Waals surface area contributed by atoms with Crippen LogP contribution in [0, 0.1) is 13.8 Å². The van der Waals surface area contributed by atoms with Crippen LogP contribution >= 0.6 is 0 Å². The molecule has 0 fully saturated rings. The summed E-state index contributed by atoms with van der Waals surface area (Å²) in [6, 6.07) is 39.4. The lowest BCUT2D eigenvalue weighted by Gasteiger charge is -2.40. The van der Waals surface area contributed by atoms with Crippen LogP contribution in [-0.4, -0.2) is 15.0 Å². The number of nitrogens with zero attached hydrogens (tertiary/aromatic N) is 6. The Morgan fingerprint density at radius 1 is 0.560 bits per heavy atom. The molecule has 6 nitrogen and oxygen atoms in total. The van der Waals surface area contributed by atoms with Crippen molar-refractivity contribution in [1.29, 1.82) is 0 Å². The molecule has 0 N–H and O–H groups in total. The van der Waals surface area contributed by atoms with Gasteiger partial charge in [0.15, 0.2) is 0 Å². The largest absolute Gasteiger partial charge is 0.310 e. The number of fused-ring (bicyclic) bond motifs is 6.